The number of H-pyrrole nitrogens is 2. The van der Waals surface area contributed by atoms with Crippen molar-refractivity contribution in [2.45, 2.75) is 103 Å². The largest absolute Gasteiger partial charge is 0.488 e. The lowest BCUT2D eigenvalue weighted by Crippen LogP contribution is -2.53. The van der Waals surface area contributed by atoms with Crippen molar-refractivity contribution in [3.8, 4) is 45.1 Å². The molecule has 2 fully saturated rings. The van der Waals surface area contributed by atoms with E-state index in [1.165, 1.54) is 14.2 Å². The molecule has 6 heterocycles. The van der Waals surface area contributed by atoms with Crippen LogP contribution >= 0.6 is 0 Å². The number of alkyl carbamates (subject to hydrolysis) is 2. The monoisotopic (exact) mass is 882 g/mol. The van der Waals surface area contributed by atoms with E-state index < -0.39 is 24.3 Å². The molecule has 0 saturated carbocycles. The van der Waals surface area contributed by atoms with Crippen molar-refractivity contribution >= 4 is 24.0 Å². The van der Waals surface area contributed by atoms with Crippen LogP contribution in [0.2, 0.25) is 0 Å². The van der Waals surface area contributed by atoms with Gasteiger partial charge in [-0.25, -0.2) is 19.6 Å². The SMILES string of the molecule is COC[C@H]1CC[C@@H](c2ncc(-c3cc4c5c(c3)OCc3cc(-c6cnc([C@@H]7CC[C@H](COC)N7C(=O)[C@@H](NC(=O)OC)C(C)C)[nH]6)cc(c3-5)OC4)[nH]2)N1C(=O)C(NC(=O)OC)C(C)C. The number of carbonyl (C=O) groups is 4. The summed E-state index contributed by atoms with van der Waals surface area (Å²) in [5.74, 6) is 1.97. The number of methoxy groups -OCH3 is 4. The van der Waals surface area contributed by atoms with E-state index in [0.717, 1.165) is 56.3 Å². The van der Waals surface area contributed by atoms with E-state index in [4.69, 9.17) is 38.4 Å². The van der Waals surface area contributed by atoms with Crippen molar-refractivity contribution in [3.05, 3.63) is 59.4 Å². The normalized spacial score (nSPS) is 20.7. The van der Waals surface area contributed by atoms with Crippen LogP contribution in [0, 0.1) is 11.8 Å². The number of ether oxygens (including phenoxy) is 6. The minimum Gasteiger partial charge on any atom is -0.488 e. The average molecular weight is 883 g/mol. The number of carbonyl (C=O) groups excluding carboxylic acids is 4. The Hall–Kier alpha value is -6.14. The first-order chi connectivity index (χ1) is 30.8. The van der Waals surface area contributed by atoms with Gasteiger partial charge in [-0.1, -0.05) is 27.7 Å². The number of hydrogen-bond acceptors (Lipinski definition) is 12. The number of amides is 4. The molecule has 342 valence electrons. The number of imidazole rings is 2. The predicted molar refractivity (Wildman–Crippen MR) is 233 cm³/mol. The maximum Gasteiger partial charge on any atom is 0.407 e. The van der Waals surface area contributed by atoms with Crippen molar-refractivity contribution in [2.75, 3.05) is 41.7 Å². The van der Waals surface area contributed by atoms with Crippen molar-refractivity contribution in [1.29, 1.82) is 0 Å². The van der Waals surface area contributed by atoms with Crippen LogP contribution in [-0.4, -0.2) is 120 Å². The Morgan fingerprint density at radius 1 is 0.656 bits per heavy atom. The van der Waals surface area contributed by atoms with Gasteiger partial charge in [-0.05, 0) is 61.8 Å². The maximum absolute atomic E-state index is 14.1. The van der Waals surface area contributed by atoms with E-state index in [9.17, 15) is 19.2 Å². The first-order valence-corrected chi connectivity index (χ1v) is 21.9. The zero-order valence-corrected chi connectivity index (χ0v) is 37.6. The molecule has 2 aromatic carbocycles. The van der Waals surface area contributed by atoms with Crippen molar-refractivity contribution < 1.29 is 47.6 Å². The highest BCUT2D eigenvalue weighted by molar-refractivity contribution is 5.89. The Morgan fingerprint density at radius 3 is 1.42 bits per heavy atom. The van der Waals surface area contributed by atoms with E-state index in [-0.39, 0.29) is 47.8 Å². The molecule has 6 atom stereocenters. The summed E-state index contributed by atoms with van der Waals surface area (Å²) in [7, 11) is 5.79. The van der Waals surface area contributed by atoms with Gasteiger partial charge in [0.05, 0.1) is 75.4 Å². The van der Waals surface area contributed by atoms with Gasteiger partial charge in [0, 0.05) is 47.6 Å². The van der Waals surface area contributed by atoms with Crippen LogP contribution in [0.15, 0.2) is 36.7 Å². The number of nitrogens with one attached hydrogen (secondary N) is 4. The van der Waals surface area contributed by atoms with Crippen LogP contribution in [0.5, 0.6) is 11.5 Å². The Labute approximate surface area is 372 Å². The minimum absolute atomic E-state index is 0.183. The van der Waals surface area contributed by atoms with Crippen LogP contribution < -0.4 is 20.1 Å². The first-order valence-electron chi connectivity index (χ1n) is 21.9. The van der Waals surface area contributed by atoms with Crippen LogP contribution in [0.4, 0.5) is 9.59 Å². The fourth-order valence-corrected chi connectivity index (χ4v) is 9.70. The minimum atomic E-state index is -0.787. The molecule has 18 nitrogen and oxygen atoms in total. The predicted octanol–water partition coefficient (Wildman–Crippen LogP) is 6.04. The molecule has 4 aliphatic heterocycles. The van der Waals surface area contributed by atoms with Crippen molar-refractivity contribution in [1.82, 2.24) is 40.4 Å². The number of likely N-dealkylation sites (tertiary alicyclic amines) is 2. The van der Waals surface area contributed by atoms with Gasteiger partial charge in [-0.15, -0.1) is 0 Å². The van der Waals surface area contributed by atoms with Gasteiger partial charge in [0.1, 0.15) is 48.4 Å². The Balaban J connectivity index is 1.04. The third kappa shape index (κ3) is 8.35. The molecule has 4 aromatic rings. The number of hydrogen-bond donors (Lipinski definition) is 4. The highest BCUT2D eigenvalue weighted by atomic mass is 16.5. The van der Waals surface area contributed by atoms with Crippen LogP contribution in [0.25, 0.3) is 33.6 Å². The molecule has 2 aromatic heterocycles. The van der Waals surface area contributed by atoms with Crippen molar-refractivity contribution in [3.63, 3.8) is 0 Å². The van der Waals surface area contributed by atoms with E-state index in [1.54, 1.807) is 36.4 Å². The van der Waals surface area contributed by atoms with E-state index in [2.05, 4.69) is 32.7 Å². The van der Waals surface area contributed by atoms with E-state index >= 15 is 0 Å². The Kier molecular flexibility index (Phi) is 12.9. The molecule has 8 rings (SSSR count). The highest BCUT2D eigenvalue weighted by Gasteiger charge is 2.45. The van der Waals surface area contributed by atoms with Gasteiger partial charge in [0.15, 0.2) is 0 Å². The van der Waals surface area contributed by atoms with Gasteiger partial charge in [-0.2, -0.15) is 0 Å². The van der Waals surface area contributed by atoms with E-state index in [1.807, 2.05) is 39.8 Å². The summed E-state index contributed by atoms with van der Waals surface area (Å²) in [5.41, 5.74) is 7.19. The fourth-order valence-electron chi connectivity index (χ4n) is 9.70. The summed E-state index contributed by atoms with van der Waals surface area (Å²) in [4.78, 5) is 72.9. The molecule has 0 bridgehead atoms. The average Bonchev–Trinajstić information content (AvgIpc) is 4.12. The summed E-state index contributed by atoms with van der Waals surface area (Å²) < 4.78 is 33.6. The molecule has 0 spiro atoms. The number of benzene rings is 2. The second-order valence-corrected chi connectivity index (χ2v) is 17.6. The molecule has 0 aliphatic carbocycles. The lowest BCUT2D eigenvalue weighted by atomic mass is 9.87. The Morgan fingerprint density at radius 2 is 1.06 bits per heavy atom. The number of nitrogens with zero attached hydrogens (tertiary/aromatic N) is 4. The molecule has 0 radical (unpaired) electrons. The number of rotatable bonds is 14. The van der Waals surface area contributed by atoms with Crippen LogP contribution in [-0.2, 0) is 41.8 Å². The lowest BCUT2D eigenvalue weighted by Gasteiger charge is -2.34. The molecular weight excluding hydrogens is 825 g/mol. The third-order valence-corrected chi connectivity index (χ3v) is 12.8. The maximum atomic E-state index is 14.1. The summed E-state index contributed by atoms with van der Waals surface area (Å²) in [6, 6.07) is 5.53. The lowest BCUT2D eigenvalue weighted by molar-refractivity contribution is -0.139. The molecule has 18 heteroatoms. The van der Waals surface area contributed by atoms with Gasteiger partial charge >= 0.3 is 12.2 Å². The van der Waals surface area contributed by atoms with Gasteiger partial charge in [0.2, 0.25) is 11.8 Å². The topological polar surface area (TPSA) is 212 Å². The fraction of sp³-hybridized carbons (Fsp3) is 0.522. The van der Waals surface area contributed by atoms with Crippen molar-refractivity contribution in [2.24, 2.45) is 11.8 Å². The molecule has 1 unspecified atom stereocenters. The second-order valence-electron chi connectivity index (χ2n) is 17.6. The molecule has 2 saturated heterocycles. The Bertz CT molecular complexity index is 2180. The van der Waals surface area contributed by atoms with Crippen LogP contribution in [0.1, 0.15) is 88.2 Å². The molecule has 64 heavy (non-hydrogen) atoms. The van der Waals surface area contributed by atoms with Crippen LogP contribution in [0.3, 0.4) is 0 Å². The third-order valence-electron chi connectivity index (χ3n) is 12.8. The van der Waals surface area contributed by atoms with E-state index in [0.29, 0.717) is 63.8 Å². The molecule has 4 N–H and O–H groups in total. The first kappa shape index (κ1) is 44.5. The number of aromatic nitrogens is 4. The van der Waals surface area contributed by atoms with Gasteiger partial charge in [-0.3, -0.25) is 9.59 Å². The molecular formula is C46H58N8O10. The summed E-state index contributed by atoms with van der Waals surface area (Å²) in [6.45, 7) is 8.88. The summed E-state index contributed by atoms with van der Waals surface area (Å²) in [6.07, 6.45) is 5.01. The summed E-state index contributed by atoms with van der Waals surface area (Å²) in [5, 5.41) is 5.45. The number of aromatic amines is 2. The van der Waals surface area contributed by atoms with Gasteiger partial charge in [0.25, 0.3) is 0 Å². The quantitative estimate of drug-likeness (QED) is 0.114. The van der Waals surface area contributed by atoms with Gasteiger partial charge < -0.3 is 58.8 Å². The standard InChI is InChI=1S/C46H58N8O10/c1-23(2)39(51-45(57)61-7)43(55)53-29(21-59-5)9-11-33(53)41-47-17-31(49-41)25-13-27-19-64-36-16-26(14-28-20-63-35(15-25)37(27)38(28)36)32-18-48-42(50-32)34-12-10-30(22-60-6)54(34)44(56)40(24(3)4)52-46(58)62-8/h13-18,23-24,29-30,33-34,39-40H,9-12,19-22H2,1-8H3,(H,47,49)(H,48,50)(H,51,57)(H,52,58)/t29-,30-,33+,34+,39+,40?/m1/s1. The smallest absolute Gasteiger partial charge is 0.407 e. The molecule has 4 aliphatic rings. The molecule has 4 amide bonds. The second kappa shape index (κ2) is 18.5. The summed E-state index contributed by atoms with van der Waals surface area (Å²) >= 11 is 0. The zero-order valence-electron chi connectivity index (χ0n) is 37.6. The zero-order chi connectivity index (χ0) is 45.4. The highest BCUT2D eigenvalue weighted by Crippen LogP contribution is 2.51.